The minimum atomic E-state index is 0.0662. The quantitative estimate of drug-likeness (QED) is 0.781. The summed E-state index contributed by atoms with van der Waals surface area (Å²) in [6.45, 7) is 0. The number of nitrogens with one attached hydrogen (secondary N) is 2. The third-order valence-corrected chi connectivity index (χ3v) is 4.74. The average Bonchev–Trinajstić information content (AvgIpc) is 3.13. The molecule has 0 radical (unpaired) electrons. The van der Waals surface area contributed by atoms with Crippen molar-refractivity contribution in [1.82, 2.24) is 20.1 Å². The minimum Gasteiger partial charge on any atom is -0.361 e. The monoisotopic (exact) mass is 308 g/mol. The van der Waals surface area contributed by atoms with Crippen LogP contribution in [-0.4, -0.2) is 20.7 Å². The number of fused-ring (bicyclic) bond motifs is 2. The first-order chi connectivity index (χ1) is 11.2. The summed E-state index contributed by atoms with van der Waals surface area (Å²) in [6, 6.07) is 8.16. The summed E-state index contributed by atoms with van der Waals surface area (Å²) in [6.07, 6.45) is 7.34. The predicted octanol–water partition coefficient (Wildman–Crippen LogP) is 2.64. The molecular weight excluding hydrogens is 288 g/mol. The maximum absolute atomic E-state index is 12.5. The Morgan fingerprint density at radius 1 is 1.43 bits per heavy atom. The molecule has 23 heavy (non-hydrogen) atoms. The highest BCUT2D eigenvalue weighted by Gasteiger charge is 2.24. The number of carbonyl (C=O) groups excluding carboxylic acids is 1. The van der Waals surface area contributed by atoms with E-state index in [1.165, 1.54) is 11.3 Å². The lowest BCUT2D eigenvalue weighted by molar-refractivity contribution is -0.121. The highest BCUT2D eigenvalue weighted by Crippen LogP contribution is 2.29. The summed E-state index contributed by atoms with van der Waals surface area (Å²) in [5.74, 6) is 0.0662. The molecule has 118 valence electrons. The molecule has 1 atom stereocenters. The molecule has 0 saturated carbocycles. The van der Waals surface area contributed by atoms with Gasteiger partial charge in [0, 0.05) is 35.4 Å². The number of aromatic amines is 1. The molecule has 0 bridgehead atoms. The van der Waals surface area contributed by atoms with Gasteiger partial charge in [0.1, 0.15) is 0 Å². The summed E-state index contributed by atoms with van der Waals surface area (Å²) in [5.41, 5.74) is 4.53. The molecule has 4 rings (SSSR count). The normalized spacial score (nSPS) is 17.2. The number of aryl methyl sites for hydroxylation is 1. The van der Waals surface area contributed by atoms with Gasteiger partial charge in [0.2, 0.25) is 5.91 Å². The molecule has 5 heteroatoms. The van der Waals surface area contributed by atoms with Crippen molar-refractivity contribution in [1.29, 1.82) is 0 Å². The molecule has 2 N–H and O–H groups in total. The Morgan fingerprint density at radius 2 is 2.30 bits per heavy atom. The van der Waals surface area contributed by atoms with Gasteiger partial charge >= 0.3 is 0 Å². The van der Waals surface area contributed by atoms with Crippen LogP contribution in [0.15, 0.2) is 36.7 Å². The van der Waals surface area contributed by atoms with E-state index in [9.17, 15) is 4.79 Å². The van der Waals surface area contributed by atoms with Gasteiger partial charge in [0.25, 0.3) is 0 Å². The summed E-state index contributed by atoms with van der Waals surface area (Å²) < 4.78 is 1.92. The Labute approximate surface area is 134 Å². The molecule has 2 aromatic heterocycles. The fraction of sp³-hybridized carbons (Fsp3) is 0.333. The number of para-hydroxylation sites is 1. The van der Waals surface area contributed by atoms with E-state index in [1.807, 2.05) is 48.4 Å². The molecule has 0 aliphatic heterocycles. The largest absolute Gasteiger partial charge is 0.361 e. The molecule has 3 aromatic rings. The molecule has 1 aliphatic rings. The second-order valence-electron chi connectivity index (χ2n) is 6.22. The van der Waals surface area contributed by atoms with E-state index in [4.69, 9.17) is 0 Å². The van der Waals surface area contributed by atoms with Crippen molar-refractivity contribution >= 4 is 16.8 Å². The molecule has 0 spiro atoms. The number of H-pyrrole nitrogens is 1. The maximum Gasteiger partial charge on any atom is 0.224 e. The van der Waals surface area contributed by atoms with Crippen molar-refractivity contribution in [3.05, 3.63) is 53.5 Å². The number of hydrogen-bond acceptors (Lipinski definition) is 2. The van der Waals surface area contributed by atoms with E-state index >= 15 is 0 Å². The number of rotatable bonds is 3. The van der Waals surface area contributed by atoms with Gasteiger partial charge < -0.3 is 10.3 Å². The molecule has 0 saturated heterocycles. The minimum absolute atomic E-state index is 0.0662. The van der Waals surface area contributed by atoms with Crippen LogP contribution >= 0.6 is 0 Å². The zero-order valence-electron chi connectivity index (χ0n) is 13.2. The first-order valence-corrected chi connectivity index (χ1v) is 8.07. The lowest BCUT2D eigenvalue weighted by Gasteiger charge is -2.23. The van der Waals surface area contributed by atoms with Crippen molar-refractivity contribution in [2.75, 3.05) is 0 Å². The number of hydrogen-bond donors (Lipinski definition) is 2. The standard InChI is InChI=1S/C18H20N4O/c1-22-17-8-4-7-16(14(17)11-20-22)21-18(23)9-12-10-19-15-6-3-2-5-13(12)15/h2-3,5-6,10-11,16,19H,4,7-9H2,1H3,(H,21,23)/t16-/m1/s1. The van der Waals surface area contributed by atoms with Gasteiger partial charge in [-0.1, -0.05) is 18.2 Å². The summed E-state index contributed by atoms with van der Waals surface area (Å²) in [5, 5.41) is 8.64. The topological polar surface area (TPSA) is 62.7 Å². The van der Waals surface area contributed by atoms with Crippen LogP contribution in [0.4, 0.5) is 0 Å². The fourth-order valence-corrected chi connectivity index (χ4v) is 3.55. The third kappa shape index (κ3) is 2.52. The fourth-order valence-electron chi connectivity index (χ4n) is 3.55. The molecule has 1 amide bonds. The molecule has 1 aliphatic carbocycles. The number of benzene rings is 1. The number of nitrogens with zero attached hydrogens (tertiary/aromatic N) is 2. The van der Waals surface area contributed by atoms with E-state index in [1.54, 1.807) is 0 Å². The van der Waals surface area contributed by atoms with Crippen LogP contribution in [-0.2, 0) is 24.7 Å². The van der Waals surface area contributed by atoms with E-state index in [2.05, 4.69) is 15.4 Å². The molecule has 5 nitrogen and oxygen atoms in total. The molecule has 1 aromatic carbocycles. The van der Waals surface area contributed by atoms with Crippen molar-refractivity contribution in [2.45, 2.75) is 31.7 Å². The van der Waals surface area contributed by atoms with Crippen LogP contribution in [0.1, 0.15) is 35.7 Å². The lowest BCUT2D eigenvalue weighted by atomic mass is 9.93. The second-order valence-corrected chi connectivity index (χ2v) is 6.22. The molecule has 0 fully saturated rings. The Morgan fingerprint density at radius 3 is 3.22 bits per heavy atom. The van der Waals surface area contributed by atoms with Gasteiger partial charge in [-0.3, -0.25) is 9.48 Å². The van der Waals surface area contributed by atoms with Gasteiger partial charge in [-0.15, -0.1) is 0 Å². The number of amides is 1. The van der Waals surface area contributed by atoms with Crippen molar-refractivity contribution in [3.8, 4) is 0 Å². The van der Waals surface area contributed by atoms with Gasteiger partial charge in [0.05, 0.1) is 18.7 Å². The zero-order valence-corrected chi connectivity index (χ0v) is 13.2. The Bertz CT molecular complexity index is 861. The first kappa shape index (κ1) is 14.1. The second kappa shape index (κ2) is 5.57. The Kier molecular flexibility index (Phi) is 3.41. The predicted molar refractivity (Wildman–Crippen MR) is 89.0 cm³/mol. The molecular formula is C18H20N4O. The zero-order chi connectivity index (χ0) is 15.8. The third-order valence-electron chi connectivity index (χ3n) is 4.74. The summed E-state index contributed by atoms with van der Waals surface area (Å²) in [4.78, 5) is 15.7. The van der Waals surface area contributed by atoms with Crippen molar-refractivity contribution < 1.29 is 4.79 Å². The van der Waals surface area contributed by atoms with Crippen LogP contribution in [0, 0.1) is 0 Å². The van der Waals surface area contributed by atoms with Crippen molar-refractivity contribution in [2.24, 2.45) is 7.05 Å². The number of aromatic nitrogens is 3. The van der Waals surface area contributed by atoms with Gasteiger partial charge in [-0.25, -0.2) is 0 Å². The average molecular weight is 308 g/mol. The van der Waals surface area contributed by atoms with Crippen LogP contribution in [0.25, 0.3) is 10.9 Å². The van der Waals surface area contributed by atoms with E-state index in [-0.39, 0.29) is 11.9 Å². The van der Waals surface area contributed by atoms with Crippen LogP contribution < -0.4 is 5.32 Å². The van der Waals surface area contributed by atoms with Crippen LogP contribution in [0.3, 0.4) is 0 Å². The number of carbonyl (C=O) groups is 1. The highest BCUT2D eigenvalue weighted by molar-refractivity contribution is 5.89. The van der Waals surface area contributed by atoms with Gasteiger partial charge in [-0.2, -0.15) is 5.10 Å². The molecule has 2 heterocycles. The van der Waals surface area contributed by atoms with E-state index < -0.39 is 0 Å². The SMILES string of the molecule is Cn1ncc2c1CCC[C@H]2NC(=O)Cc1c[nH]c2ccccc12. The summed E-state index contributed by atoms with van der Waals surface area (Å²) >= 11 is 0. The van der Waals surface area contributed by atoms with E-state index in [0.29, 0.717) is 6.42 Å². The van der Waals surface area contributed by atoms with Crippen LogP contribution in [0.2, 0.25) is 0 Å². The smallest absolute Gasteiger partial charge is 0.224 e. The van der Waals surface area contributed by atoms with Gasteiger partial charge in [0.15, 0.2) is 0 Å². The maximum atomic E-state index is 12.5. The van der Waals surface area contributed by atoms with Crippen LogP contribution in [0.5, 0.6) is 0 Å². The molecule has 0 unspecified atom stereocenters. The Hall–Kier alpha value is -2.56. The summed E-state index contributed by atoms with van der Waals surface area (Å²) in [7, 11) is 1.97. The Balaban J connectivity index is 1.51. The van der Waals surface area contributed by atoms with Gasteiger partial charge in [-0.05, 0) is 30.9 Å². The highest BCUT2D eigenvalue weighted by atomic mass is 16.1. The van der Waals surface area contributed by atoms with E-state index in [0.717, 1.165) is 35.7 Å². The lowest BCUT2D eigenvalue weighted by Crippen LogP contribution is -2.32. The first-order valence-electron chi connectivity index (χ1n) is 8.07. The van der Waals surface area contributed by atoms with Crippen molar-refractivity contribution in [3.63, 3.8) is 0 Å².